The van der Waals surface area contributed by atoms with Crippen LogP contribution in [0.25, 0.3) is 0 Å². The lowest BCUT2D eigenvalue weighted by atomic mass is 10.1. The highest BCUT2D eigenvalue weighted by molar-refractivity contribution is 5.92. The van der Waals surface area contributed by atoms with E-state index in [0.717, 1.165) is 0 Å². The van der Waals surface area contributed by atoms with Gasteiger partial charge in [0.2, 0.25) is 0 Å². The molecule has 0 bridgehead atoms. The van der Waals surface area contributed by atoms with E-state index in [9.17, 15) is 9.90 Å². The summed E-state index contributed by atoms with van der Waals surface area (Å²) >= 11 is 0. The predicted octanol–water partition coefficient (Wildman–Crippen LogP) is 0.759. The summed E-state index contributed by atoms with van der Waals surface area (Å²) in [5.41, 5.74) is -0.993. The Hall–Kier alpha value is -2.51. The van der Waals surface area contributed by atoms with E-state index >= 15 is 0 Å². The van der Waals surface area contributed by atoms with Crippen LogP contribution in [-0.2, 0) is 4.74 Å². The van der Waals surface area contributed by atoms with Crippen molar-refractivity contribution in [2.24, 2.45) is 0 Å². The molecular weight excluding hydrogens is 310 g/mol. The van der Waals surface area contributed by atoms with Gasteiger partial charge >= 0.3 is 0 Å². The number of ether oxygens (including phenoxy) is 2. The lowest BCUT2D eigenvalue weighted by Gasteiger charge is -2.30. The molecule has 1 fully saturated rings. The Bertz CT molecular complexity index is 668. The number of carbonyl (C=O) groups excluding carboxylic acids is 1. The highest BCUT2D eigenvalue weighted by atomic mass is 16.5. The number of rotatable bonds is 4. The molecule has 1 N–H and O–H groups in total. The maximum Gasteiger partial charge on any atom is 0.272 e. The van der Waals surface area contributed by atoms with Crippen molar-refractivity contribution in [2.75, 3.05) is 32.9 Å². The van der Waals surface area contributed by atoms with Gasteiger partial charge in [0.15, 0.2) is 0 Å². The van der Waals surface area contributed by atoms with Crippen LogP contribution >= 0.6 is 0 Å². The van der Waals surface area contributed by atoms with Crippen molar-refractivity contribution in [1.29, 1.82) is 0 Å². The molecule has 2 aromatic rings. The fourth-order valence-electron chi connectivity index (χ4n) is 2.49. The molecule has 0 aliphatic carbocycles. The molecule has 3 rings (SSSR count). The van der Waals surface area contributed by atoms with Gasteiger partial charge in [0.1, 0.15) is 30.0 Å². The number of β-amino-alcohol motifs (C(OH)–C–C–N with tert-alkyl or cyclic N) is 1. The van der Waals surface area contributed by atoms with E-state index in [1.807, 2.05) is 30.3 Å². The van der Waals surface area contributed by atoms with Crippen molar-refractivity contribution < 1.29 is 19.4 Å². The topological polar surface area (TPSA) is 84.8 Å². The second-order valence-electron chi connectivity index (χ2n) is 5.70. The van der Waals surface area contributed by atoms with Crippen LogP contribution in [0.15, 0.2) is 48.9 Å². The van der Waals surface area contributed by atoms with E-state index in [1.54, 1.807) is 6.07 Å². The smallest absolute Gasteiger partial charge is 0.272 e. The van der Waals surface area contributed by atoms with Gasteiger partial charge in [0, 0.05) is 12.7 Å². The van der Waals surface area contributed by atoms with Gasteiger partial charge in [-0.15, -0.1) is 0 Å². The molecule has 1 atom stereocenters. The van der Waals surface area contributed by atoms with Gasteiger partial charge in [0.05, 0.1) is 19.8 Å². The fraction of sp³-hybridized carbons (Fsp3) is 0.353. The first kappa shape index (κ1) is 16.4. The highest BCUT2D eigenvalue weighted by Crippen LogP contribution is 2.17. The largest absolute Gasteiger partial charge is 0.490 e. The molecule has 0 spiro atoms. The van der Waals surface area contributed by atoms with E-state index in [-0.39, 0.29) is 25.7 Å². The average molecular weight is 329 g/mol. The Morgan fingerprint density at radius 3 is 2.92 bits per heavy atom. The van der Waals surface area contributed by atoms with Gasteiger partial charge in [-0.2, -0.15) is 0 Å². The molecule has 0 saturated carbocycles. The van der Waals surface area contributed by atoms with Crippen LogP contribution in [0.3, 0.4) is 0 Å². The molecule has 1 aromatic heterocycles. The minimum atomic E-state index is -1.28. The van der Waals surface area contributed by atoms with Crippen LogP contribution in [0.4, 0.5) is 0 Å². The summed E-state index contributed by atoms with van der Waals surface area (Å²) in [7, 11) is 0. The molecule has 0 radical (unpaired) electrons. The number of aromatic nitrogens is 2. The number of amides is 1. The Morgan fingerprint density at radius 2 is 2.17 bits per heavy atom. The van der Waals surface area contributed by atoms with E-state index < -0.39 is 5.60 Å². The van der Waals surface area contributed by atoms with Gasteiger partial charge < -0.3 is 19.5 Å². The SMILES string of the molecule is O=C(c1ccncn1)N1CCOC[C@](O)(COc2ccccc2)C1. The normalized spacial score (nSPS) is 21.1. The number of hydrogen-bond donors (Lipinski definition) is 1. The minimum Gasteiger partial charge on any atom is -0.490 e. The average Bonchev–Trinajstić information content (AvgIpc) is 2.83. The van der Waals surface area contributed by atoms with Crippen molar-refractivity contribution in [1.82, 2.24) is 14.9 Å². The Morgan fingerprint density at radius 1 is 1.33 bits per heavy atom. The van der Waals surface area contributed by atoms with Crippen molar-refractivity contribution in [2.45, 2.75) is 5.60 Å². The number of carbonyl (C=O) groups is 1. The summed E-state index contributed by atoms with van der Waals surface area (Å²) in [6.07, 6.45) is 2.84. The molecule has 1 amide bonds. The summed E-state index contributed by atoms with van der Waals surface area (Å²) in [4.78, 5) is 21.9. The van der Waals surface area contributed by atoms with Crippen LogP contribution in [0.1, 0.15) is 10.5 Å². The monoisotopic (exact) mass is 329 g/mol. The Balaban J connectivity index is 1.68. The van der Waals surface area contributed by atoms with Crippen LogP contribution in [-0.4, -0.2) is 64.4 Å². The summed E-state index contributed by atoms with van der Waals surface area (Å²) < 4.78 is 11.1. The van der Waals surface area contributed by atoms with Crippen LogP contribution in [0.2, 0.25) is 0 Å². The second kappa shape index (κ2) is 7.37. The first-order valence-electron chi connectivity index (χ1n) is 7.70. The summed E-state index contributed by atoms with van der Waals surface area (Å²) in [6, 6.07) is 10.8. The minimum absolute atomic E-state index is 0.0323. The standard InChI is InChI=1S/C17H19N3O4/c21-16(15-6-7-18-13-19-15)20-8-9-23-11-17(22,10-20)12-24-14-4-2-1-3-5-14/h1-7,13,22H,8-12H2/t17-/m0/s1. The second-order valence-corrected chi connectivity index (χ2v) is 5.70. The number of benzene rings is 1. The van der Waals surface area contributed by atoms with E-state index in [0.29, 0.717) is 24.6 Å². The molecular formula is C17H19N3O4. The van der Waals surface area contributed by atoms with Gasteiger partial charge in [-0.05, 0) is 18.2 Å². The molecule has 1 aromatic carbocycles. The Kier molecular flexibility index (Phi) is 5.02. The number of hydrogen-bond acceptors (Lipinski definition) is 6. The Labute approximate surface area is 139 Å². The zero-order chi connectivity index (χ0) is 16.8. The van der Waals surface area contributed by atoms with Gasteiger partial charge in [0.25, 0.3) is 5.91 Å². The van der Waals surface area contributed by atoms with Crippen molar-refractivity contribution in [3.05, 3.63) is 54.6 Å². The molecule has 1 aliphatic rings. The van der Waals surface area contributed by atoms with E-state index in [2.05, 4.69) is 9.97 Å². The van der Waals surface area contributed by atoms with Crippen molar-refractivity contribution in [3.63, 3.8) is 0 Å². The van der Waals surface area contributed by atoms with Gasteiger partial charge in [-0.1, -0.05) is 18.2 Å². The lowest BCUT2D eigenvalue weighted by molar-refractivity contribution is -0.0621. The zero-order valence-electron chi connectivity index (χ0n) is 13.2. The number of aliphatic hydroxyl groups is 1. The van der Waals surface area contributed by atoms with Crippen LogP contribution in [0, 0.1) is 0 Å². The summed E-state index contributed by atoms with van der Waals surface area (Å²) in [5.74, 6) is 0.393. The first-order valence-corrected chi connectivity index (χ1v) is 7.70. The van der Waals surface area contributed by atoms with E-state index in [4.69, 9.17) is 9.47 Å². The molecule has 2 heterocycles. The first-order chi connectivity index (χ1) is 11.7. The zero-order valence-corrected chi connectivity index (χ0v) is 13.2. The van der Waals surface area contributed by atoms with Crippen LogP contribution < -0.4 is 4.74 Å². The maximum absolute atomic E-state index is 12.5. The molecule has 24 heavy (non-hydrogen) atoms. The van der Waals surface area contributed by atoms with Crippen molar-refractivity contribution in [3.8, 4) is 5.75 Å². The lowest BCUT2D eigenvalue weighted by Crippen LogP contribution is -2.50. The molecule has 0 unspecified atom stereocenters. The number of nitrogens with zero attached hydrogens (tertiary/aromatic N) is 3. The quantitative estimate of drug-likeness (QED) is 0.891. The number of para-hydroxylation sites is 1. The predicted molar refractivity (Wildman–Crippen MR) is 85.6 cm³/mol. The molecule has 1 aliphatic heterocycles. The fourth-order valence-corrected chi connectivity index (χ4v) is 2.49. The third-order valence-electron chi connectivity index (χ3n) is 3.70. The highest BCUT2D eigenvalue weighted by Gasteiger charge is 2.36. The summed E-state index contributed by atoms with van der Waals surface area (Å²) in [5, 5.41) is 10.8. The third kappa shape index (κ3) is 4.06. The van der Waals surface area contributed by atoms with Gasteiger partial charge in [-0.25, -0.2) is 9.97 Å². The molecule has 126 valence electrons. The third-order valence-corrected chi connectivity index (χ3v) is 3.70. The molecule has 7 nitrogen and oxygen atoms in total. The summed E-state index contributed by atoms with van der Waals surface area (Å²) in [6.45, 7) is 0.988. The van der Waals surface area contributed by atoms with Gasteiger partial charge in [-0.3, -0.25) is 4.79 Å². The van der Waals surface area contributed by atoms with Crippen LogP contribution in [0.5, 0.6) is 5.75 Å². The van der Waals surface area contributed by atoms with E-state index in [1.165, 1.54) is 17.4 Å². The molecule has 1 saturated heterocycles. The molecule has 7 heteroatoms. The van der Waals surface area contributed by atoms with Crippen molar-refractivity contribution >= 4 is 5.91 Å². The maximum atomic E-state index is 12.5.